The number of anilines is 1. The molecule has 0 spiro atoms. The Labute approximate surface area is 66.3 Å². The van der Waals surface area contributed by atoms with Gasteiger partial charge < -0.3 is 5.32 Å². The van der Waals surface area contributed by atoms with E-state index in [1.807, 2.05) is 13.0 Å². The molecule has 0 aromatic carbocycles. The van der Waals surface area contributed by atoms with Crippen LogP contribution in [-0.4, -0.2) is 17.0 Å². The van der Waals surface area contributed by atoms with Gasteiger partial charge in [0.15, 0.2) is 0 Å². The van der Waals surface area contributed by atoms with Gasteiger partial charge in [-0.05, 0) is 13.0 Å². The number of hydrogen-bond acceptors (Lipinski definition) is 3. The predicted octanol–water partition coefficient (Wildman–Crippen LogP) is 1.25. The van der Waals surface area contributed by atoms with Crippen molar-refractivity contribution in [1.82, 2.24) is 9.97 Å². The standard InChI is InChI=1S/C6H9N3.ClH/c1-5-3-4-8-6(7-2)9-5;/h3-4H,1-2H3,(H,7,8,9);1H. The summed E-state index contributed by atoms with van der Waals surface area (Å²) in [5.74, 6) is 0.676. The Morgan fingerprint density at radius 1 is 1.50 bits per heavy atom. The largest absolute Gasteiger partial charge is 0.357 e. The Bertz CT molecular complexity index is 202. The summed E-state index contributed by atoms with van der Waals surface area (Å²) in [4.78, 5) is 8.01. The van der Waals surface area contributed by atoms with E-state index in [0.717, 1.165) is 5.69 Å². The Morgan fingerprint density at radius 3 is 2.60 bits per heavy atom. The van der Waals surface area contributed by atoms with Gasteiger partial charge in [-0.1, -0.05) is 0 Å². The van der Waals surface area contributed by atoms with Crippen molar-refractivity contribution in [1.29, 1.82) is 0 Å². The topological polar surface area (TPSA) is 37.8 Å². The highest BCUT2D eigenvalue weighted by molar-refractivity contribution is 5.85. The van der Waals surface area contributed by atoms with E-state index in [0.29, 0.717) is 5.95 Å². The van der Waals surface area contributed by atoms with Gasteiger partial charge in [0.05, 0.1) is 0 Å². The van der Waals surface area contributed by atoms with Gasteiger partial charge in [-0.2, -0.15) is 0 Å². The van der Waals surface area contributed by atoms with Crippen molar-refractivity contribution in [2.75, 3.05) is 12.4 Å². The predicted molar refractivity (Wildman–Crippen MR) is 43.6 cm³/mol. The second kappa shape index (κ2) is 4.06. The van der Waals surface area contributed by atoms with E-state index < -0.39 is 0 Å². The summed E-state index contributed by atoms with van der Waals surface area (Å²) >= 11 is 0. The lowest BCUT2D eigenvalue weighted by Gasteiger charge is -1.95. The number of halogens is 1. The first-order valence-electron chi connectivity index (χ1n) is 2.80. The fourth-order valence-corrected chi connectivity index (χ4v) is 0.569. The monoisotopic (exact) mass is 159 g/mol. The van der Waals surface area contributed by atoms with E-state index in [-0.39, 0.29) is 12.4 Å². The third kappa shape index (κ3) is 2.19. The molecule has 0 aliphatic heterocycles. The van der Waals surface area contributed by atoms with Gasteiger partial charge in [0.25, 0.3) is 0 Å². The molecule has 0 unspecified atom stereocenters. The van der Waals surface area contributed by atoms with Gasteiger partial charge in [0.1, 0.15) is 0 Å². The molecule has 0 fully saturated rings. The average molecular weight is 160 g/mol. The second-order valence-electron chi connectivity index (χ2n) is 1.77. The van der Waals surface area contributed by atoms with Gasteiger partial charge in [-0.15, -0.1) is 12.4 Å². The zero-order valence-electron chi connectivity index (χ0n) is 5.96. The number of nitrogens with one attached hydrogen (secondary N) is 1. The molecule has 0 radical (unpaired) electrons. The molecule has 0 atom stereocenters. The lowest BCUT2D eigenvalue weighted by molar-refractivity contribution is 1.09. The van der Waals surface area contributed by atoms with E-state index in [9.17, 15) is 0 Å². The van der Waals surface area contributed by atoms with Crippen LogP contribution in [0.2, 0.25) is 0 Å². The van der Waals surface area contributed by atoms with Gasteiger partial charge in [0.2, 0.25) is 5.95 Å². The summed E-state index contributed by atoms with van der Waals surface area (Å²) in [6.45, 7) is 1.93. The van der Waals surface area contributed by atoms with Gasteiger partial charge >= 0.3 is 0 Å². The highest BCUT2D eigenvalue weighted by Crippen LogP contribution is 1.95. The van der Waals surface area contributed by atoms with E-state index in [1.165, 1.54) is 0 Å². The van der Waals surface area contributed by atoms with Crippen molar-refractivity contribution in [3.05, 3.63) is 18.0 Å². The van der Waals surface area contributed by atoms with Crippen LogP contribution in [0.1, 0.15) is 5.69 Å². The highest BCUT2D eigenvalue weighted by Gasteiger charge is 1.88. The van der Waals surface area contributed by atoms with Crippen molar-refractivity contribution in [3.63, 3.8) is 0 Å². The van der Waals surface area contributed by atoms with E-state index in [1.54, 1.807) is 13.2 Å². The Morgan fingerprint density at radius 2 is 2.20 bits per heavy atom. The van der Waals surface area contributed by atoms with Crippen LogP contribution < -0.4 is 5.32 Å². The van der Waals surface area contributed by atoms with Crippen molar-refractivity contribution in [2.45, 2.75) is 6.92 Å². The van der Waals surface area contributed by atoms with Crippen LogP contribution in [-0.2, 0) is 0 Å². The lowest BCUT2D eigenvalue weighted by atomic mass is 10.5. The van der Waals surface area contributed by atoms with Crippen LogP contribution in [0.3, 0.4) is 0 Å². The molecule has 3 nitrogen and oxygen atoms in total. The number of aryl methyl sites for hydroxylation is 1. The number of nitrogens with zero attached hydrogens (tertiary/aromatic N) is 2. The van der Waals surface area contributed by atoms with Crippen LogP contribution in [0.15, 0.2) is 12.3 Å². The molecule has 1 N–H and O–H groups in total. The molecule has 1 heterocycles. The molecule has 0 bridgehead atoms. The minimum absolute atomic E-state index is 0. The third-order valence-corrected chi connectivity index (χ3v) is 1.02. The summed E-state index contributed by atoms with van der Waals surface area (Å²) in [6.07, 6.45) is 1.73. The molecule has 56 valence electrons. The zero-order chi connectivity index (χ0) is 6.69. The molecule has 0 aliphatic carbocycles. The van der Waals surface area contributed by atoms with Crippen LogP contribution in [0.5, 0.6) is 0 Å². The second-order valence-corrected chi connectivity index (χ2v) is 1.77. The molecule has 1 aromatic rings. The third-order valence-electron chi connectivity index (χ3n) is 1.02. The molecular weight excluding hydrogens is 150 g/mol. The van der Waals surface area contributed by atoms with Gasteiger partial charge in [0, 0.05) is 18.9 Å². The number of aromatic nitrogens is 2. The first-order valence-corrected chi connectivity index (χ1v) is 2.80. The summed E-state index contributed by atoms with van der Waals surface area (Å²) in [5.41, 5.74) is 0.981. The maximum Gasteiger partial charge on any atom is 0.222 e. The molecular formula is C6H10ClN3. The zero-order valence-corrected chi connectivity index (χ0v) is 6.77. The molecule has 0 saturated heterocycles. The first kappa shape index (κ1) is 9.17. The molecule has 0 saturated carbocycles. The molecule has 1 aromatic heterocycles. The lowest BCUT2D eigenvalue weighted by Crippen LogP contribution is -1.95. The van der Waals surface area contributed by atoms with Crippen molar-refractivity contribution in [3.8, 4) is 0 Å². The maximum absolute atomic E-state index is 4.07. The van der Waals surface area contributed by atoms with Crippen LogP contribution in [0.4, 0.5) is 5.95 Å². The minimum atomic E-state index is 0. The van der Waals surface area contributed by atoms with Crippen molar-refractivity contribution in [2.24, 2.45) is 0 Å². The van der Waals surface area contributed by atoms with E-state index >= 15 is 0 Å². The van der Waals surface area contributed by atoms with Crippen LogP contribution in [0, 0.1) is 6.92 Å². The highest BCUT2D eigenvalue weighted by atomic mass is 35.5. The Hall–Kier alpha value is -0.830. The average Bonchev–Trinajstić information content (AvgIpc) is 1.88. The fourth-order valence-electron chi connectivity index (χ4n) is 0.569. The molecule has 4 heteroatoms. The molecule has 10 heavy (non-hydrogen) atoms. The van der Waals surface area contributed by atoms with Crippen molar-refractivity contribution < 1.29 is 0 Å². The number of hydrogen-bond donors (Lipinski definition) is 1. The fraction of sp³-hybridized carbons (Fsp3) is 0.333. The normalized spacial score (nSPS) is 8.20. The smallest absolute Gasteiger partial charge is 0.222 e. The summed E-state index contributed by atoms with van der Waals surface area (Å²) in [7, 11) is 1.80. The SMILES string of the molecule is CNc1nccc(C)n1.Cl. The van der Waals surface area contributed by atoms with Gasteiger partial charge in [-0.25, -0.2) is 9.97 Å². The molecule has 0 amide bonds. The van der Waals surface area contributed by atoms with Crippen LogP contribution >= 0.6 is 12.4 Å². The number of rotatable bonds is 1. The Kier molecular flexibility index (Phi) is 3.72. The summed E-state index contributed by atoms with van der Waals surface area (Å²) < 4.78 is 0. The van der Waals surface area contributed by atoms with Gasteiger partial charge in [-0.3, -0.25) is 0 Å². The summed E-state index contributed by atoms with van der Waals surface area (Å²) in [5, 5.41) is 2.85. The Balaban J connectivity index is 0.000000810. The van der Waals surface area contributed by atoms with E-state index in [2.05, 4.69) is 15.3 Å². The first-order chi connectivity index (χ1) is 4.33. The van der Waals surface area contributed by atoms with E-state index in [4.69, 9.17) is 0 Å². The molecule has 1 rings (SSSR count). The summed E-state index contributed by atoms with van der Waals surface area (Å²) in [6, 6.07) is 1.86. The quantitative estimate of drug-likeness (QED) is 0.670. The van der Waals surface area contributed by atoms with Crippen LogP contribution in [0.25, 0.3) is 0 Å². The molecule has 0 aliphatic rings. The minimum Gasteiger partial charge on any atom is -0.357 e. The van der Waals surface area contributed by atoms with Crippen molar-refractivity contribution >= 4 is 18.4 Å². The maximum atomic E-state index is 4.07.